The van der Waals surface area contributed by atoms with Crippen LogP contribution in [0.1, 0.15) is 71.7 Å². The number of aryl methyl sites for hydroxylation is 1. The predicted octanol–water partition coefficient (Wildman–Crippen LogP) is 6.91. The zero-order chi connectivity index (χ0) is 24.6. The Morgan fingerprint density at radius 3 is 2.37 bits per heavy atom. The van der Waals surface area contributed by atoms with E-state index < -0.39 is 0 Å². The first kappa shape index (κ1) is 25.1. The average Bonchev–Trinajstić information content (AvgIpc) is 2.90. The van der Waals surface area contributed by atoms with Crippen LogP contribution in [0.25, 0.3) is 0 Å². The molecule has 0 amide bonds. The molecule has 1 saturated carbocycles. The number of rotatable bonds is 10. The van der Waals surface area contributed by atoms with Gasteiger partial charge in [-0.2, -0.15) is 0 Å². The predicted molar refractivity (Wildman–Crippen MR) is 139 cm³/mol. The van der Waals surface area contributed by atoms with E-state index in [0.717, 1.165) is 46.2 Å². The topological polar surface area (TPSA) is 49.8 Å². The Kier molecular flexibility index (Phi) is 8.64. The van der Waals surface area contributed by atoms with Gasteiger partial charge in [0.2, 0.25) is 0 Å². The van der Waals surface area contributed by atoms with E-state index in [0.29, 0.717) is 12.5 Å². The standard InChI is InChI=1S/C30H37NO4/c1-21-17-28(34-19-23-11-7-5-8-12-23)30(33-4)22(2)26(21)18-25-15-16-27(35-20-32-3)29(31-25)24-13-9-6-10-14-24/h5,7-8,11-12,15-17,24H,6,9-10,13-14,18-20H2,1-4H3. The molecule has 5 nitrogen and oxygen atoms in total. The van der Waals surface area contributed by atoms with E-state index in [1.807, 2.05) is 18.2 Å². The number of aromatic nitrogens is 1. The Labute approximate surface area is 209 Å². The molecule has 0 unspecified atom stereocenters. The molecule has 1 aliphatic rings. The number of hydrogen-bond donors (Lipinski definition) is 0. The highest BCUT2D eigenvalue weighted by molar-refractivity contribution is 5.54. The van der Waals surface area contributed by atoms with Crippen LogP contribution >= 0.6 is 0 Å². The zero-order valence-electron chi connectivity index (χ0n) is 21.4. The van der Waals surface area contributed by atoms with Crippen LogP contribution in [0.3, 0.4) is 0 Å². The molecule has 0 N–H and O–H groups in total. The Bertz CT molecular complexity index is 1110. The highest BCUT2D eigenvalue weighted by Gasteiger charge is 2.22. The third kappa shape index (κ3) is 6.15. The number of nitrogens with zero attached hydrogens (tertiary/aromatic N) is 1. The summed E-state index contributed by atoms with van der Waals surface area (Å²) in [7, 11) is 3.35. The van der Waals surface area contributed by atoms with Gasteiger partial charge in [-0.1, -0.05) is 49.6 Å². The van der Waals surface area contributed by atoms with Crippen LogP contribution in [0.4, 0.5) is 0 Å². The third-order valence-electron chi connectivity index (χ3n) is 6.91. The van der Waals surface area contributed by atoms with Gasteiger partial charge in [0.25, 0.3) is 0 Å². The van der Waals surface area contributed by atoms with E-state index in [-0.39, 0.29) is 6.79 Å². The first-order chi connectivity index (χ1) is 17.1. The molecular formula is C30H37NO4. The van der Waals surface area contributed by atoms with Crippen LogP contribution in [0.15, 0.2) is 48.5 Å². The lowest BCUT2D eigenvalue weighted by Gasteiger charge is -2.24. The van der Waals surface area contributed by atoms with Crippen LogP contribution in [-0.2, 0) is 17.8 Å². The van der Waals surface area contributed by atoms with Crippen molar-refractivity contribution in [3.05, 3.63) is 82.2 Å². The van der Waals surface area contributed by atoms with E-state index in [9.17, 15) is 0 Å². The number of hydrogen-bond acceptors (Lipinski definition) is 5. The number of ether oxygens (including phenoxy) is 4. The van der Waals surface area contributed by atoms with E-state index in [4.69, 9.17) is 23.9 Å². The van der Waals surface area contributed by atoms with Gasteiger partial charge in [0.15, 0.2) is 18.3 Å². The molecule has 0 spiro atoms. The maximum absolute atomic E-state index is 6.16. The molecule has 186 valence electrons. The lowest BCUT2D eigenvalue weighted by molar-refractivity contribution is 0.0496. The zero-order valence-corrected chi connectivity index (χ0v) is 21.4. The van der Waals surface area contributed by atoms with Gasteiger partial charge in [-0.25, -0.2) is 0 Å². The molecule has 1 aromatic heterocycles. The maximum Gasteiger partial charge on any atom is 0.188 e. The van der Waals surface area contributed by atoms with E-state index in [2.05, 4.69) is 44.2 Å². The van der Waals surface area contributed by atoms with Gasteiger partial charge in [0, 0.05) is 25.1 Å². The molecule has 0 atom stereocenters. The molecule has 35 heavy (non-hydrogen) atoms. The van der Waals surface area contributed by atoms with Crippen LogP contribution in [0, 0.1) is 13.8 Å². The van der Waals surface area contributed by atoms with Crippen molar-refractivity contribution >= 4 is 0 Å². The summed E-state index contributed by atoms with van der Waals surface area (Å²) in [5.74, 6) is 2.85. The molecular weight excluding hydrogens is 438 g/mol. The van der Waals surface area contributed by atoms with Gasteiger partial charge in [-0.15, -0.1) is 0 Å². The molecule has 1 aliphatic carbocycles. The van der Waals surface area contributed by atoms with Gasteiger partial charge in [-0.3, -0.25) is 4.98 Å². The third-order valence-corrected chi connectivity index (χ3v) is 6.91. The number of pyridine rings is 1. The summed E-state index contributed by atoms with van der Waals surface area (Å²) in [6.45, 7) is 4.98. The first-order valence-corrected chi connectivity index (χ1v) is 12.6. The summed E-state index contributed by atoms with van der Waals surface area (Å²) in [4.78, 5) is 5.13. The number of benzene rings is 2. The fourth-order valence-electron chi connectivity index (χ4n) is 5.03. The van der Waals surface area contributed by atoms with Crippen molar-refractivity contribution in [2.75, 3.05) is 21.0 Å². The van der Waals surface area contributed by atoms with Crippen molar-refractivity contribution in [2.24, 2.45) is 0 Å². The summed E-state index contributed by atoms with van der Waals surface area (Å²) in [6.07, 6.45) is 6.87. The van der Waals surface area contributed by atoms with Gasteiger partial charge in [-0.05, 0) is 67.1 Å². The lowest BCUT2D eigenvalue weighted by atomic mass is 9.86. The second kappa shape index (κ2) is 12.1. The SMILES string of the molecule is COCOc1ccc(Cc2c(C)cc(OCc3ccccc3)c(OC)c2C)nc1C1CCCCC1. The average molecular weight is 476 g/mol. The maximum atomic E-state index is 6.16. The van der Waals surface area contributed by atoms with Crippen LogP contribution in [0.2, 0.25) is 0 Å². The Hall–Kier alpha value is -3.05. The summed E-state index contributed by atoms with van der Waals surface area (Å²) in [5.41, 5.74) is 6.74. The minimum Gasteiger partial charge on any atom is -0.493 e. The van der Waals surface area contributed by atoms with E-state index in [1.165, 1.54) is 43.2 Å². The van der Waals surface area contributed by atoms with Crippen molar-refractivity contribution in [3.63, 3.8) is 0 Å². The van der Waals surface area contributed by atoms with Gasteiger partial charge < -0.3 is 18.9 Å². The van der Waals surface area contributed by atoms with Crippen molar-refractivity contribution in [2.45, 2.75) is 64.9 Å². The molecule has 4 rings (SSSR count). The normalized spacial score (nSPS) is 14.1. The highest BCUT2D eigenvalue weighted by Crippen LogP contribution is 2.39. The van der Waals surface area contributed by atoms with Crippen LogP contribution in [0.5, 0.6) is 17.2 Å². The van der Waals surface area contributed by atoms with Crippen LogP contribution in [-0.4, -0.2) is 26.0 Å². The molecule has 1 heterocycles. The monoisotopic (exact) mass is 475 g/mol. The molecule has 5 heteroatoms. The van der Waals surface area contributed by atoms with E-state index >= 15 is 0 Å². The summed E-state index contributed by atoms with van der Waals surface area (Å²) >= 11 is 0. The molecule has 0 bridgehead atoms. The van der Waals surface area contributed by atoms with Crippen molar-refractivity contribution < 1.29 is 18.9 Å². The van der Waals surface area contributed by atoms with Gasteiger partial charge >= 0.3 is 0 Å². The Morgan fingerprint density at radius 2 is 1.66 bits per heavy atom. The van der Waals surface area contributed by atoms with E-state index in [1.54, 1.807) is 14.2 Å². The quantitative estimate of drug-likeness (QED) is 0.298. The summed E-state index contributed by atoms with van der Waals surface area (Å²) in [6, 6.07) is 16.4. The Balaban J connectivity index is 1.60. The fraction of sp³-hybridized carbons (Fsp3) is 0.433. The van der Waals surface area contributed by atoms with Gasteiger partial charge in [0.05, 0.1) is 12.8 Å². The second-order valence-electron chi connectivity index (χ2n) is 9.35. The Morgan fingerprint density at radius 1 is 0.886 bits per heavy atom. The summed E-state index contributed by atoms with van der Waals surface area (Å²) in [5, 5.41) is 0. The van der Waals surface area contributed by atoms with Crippen LogP contribution < -0.4 is 14.2 Å². The summed E-state index contributed by atoms with van der Waals surface area (Å²) < 4.78 is 23.0. The van der Waals surface area contributed by atoms with Crippen molar-refractivity contribution in [1.29, 1.82) is 0 Å². The largest absolute Gasteiger partial charge is 0.493 e. The molecule has 1 fully saturated rings. The highest BCUT2D eigenvalue weighted by atomic mass is 16.7. The minimum atomic E-state index is 0.237. The first-order valence-electron chi connectivity index (χ1n) is 12.6. The lowest BCUT2D eigenvalue weighted by Crippen LogP contribution is -2.12. The van der Waals surface area contributed by atoms with Crippen molar-refractivity contribution in [1.82, 2.24) is 4.98 Å². The van der Waals surface area contributed by atoms with Crippen molar-refractivity contribution in [3.8, 4) is 17.2 Å². The minimum absolute atomic E-state index is 0.237. The molecule has 0 aliphatic heterocycles. The fourth-order valence-corrected chi connectivity index (χ4v) is 5.03. The number of methoxy groups -OCH3 is 2. The second-order valence-corrected chi connectivity index (χ2v) is 9.35. The molecule has 2 aromatic carbocycles. The molecule has 0 radical (unpaired) electrons. The molecule has 3 aromatic rings. The van der Waals surface area contributed by atoms with Gasteiger partial charge in [0.1, 0.15) is 12.4 Å². The smallest absolute Gasteiger partial charge is 0.188 e. The molecule has 0 saturated heterocycles.